The second kappa shape index (κ2) is 4.68. The summed E-state index contributed by atoms with van der Waals surface area (Å²) in [6, 6.07) is -0.562. The molecule has 112 valence electrons. The first-order chi connectivity index (χ1) is 9.41. The van der Waals surface area contributed by atoms with E-state index in [1.807, 2.05) is 0 Å². The van der Waals surface area contributed by atoms with Gasteiger partial charge in [0.05, 0.1) is 11.9 Å². The molecule has 0 radical (unpaired) electrons. The van der Waals surface area contributed by atoms with Crippen molar-refractivity contribution in [2.45, 2.75) is 30.9 Å². The molecule has 0 aromatic carbocycles. The van der Waals surface area contributed by atoms with Gasteiger partial charge in [-0.3, -0.25) is 10.1 Å². The number of urea groups is 1. The number of hydrogen-bond acceptors (Lipinski definition) is 5. The normalized spacial score (nSPS) is 34.7. The molecule has 3 saturated heterocycles. The number of rotatable bonds is 3. The molecule has 0 saturated carbocycles. The molecule has 9 heteroatoms. The Balaban J connectivity index is 1.70. The molecule has 3 amide bonds. The highest BCUT2D eigenvalue weighted by atomic mass is 32.2. The van der Waals surface area contributed by atoms with Crippen LogP contribution in [0, 0.1) is 0 Å². The van der Waals surface area contributed by atoms with Crippen LogP contribution >= 0.6 is 0 Å². The Bertz CT molecular complexity index is 542. The number of hydrogen-bond donors (Lipinski definition) is 2. The summed E-state index contributed by atoms with van der Waals surface area (Å²) in [5.41, 5.74) is -1.10. The van der Waals surface area contributed by atoms with Gasteiger partial charge in [0.2, 0.25) is 10.0 Å². The number of nitrogens with zero attached hydrogens (tertiary/aromatic N) is 1. The van der Waals surface area contributed by atoms with E-state index >= 15 is 0 Å². The number of amides is 3. The fraction of sp³-hybridized carbons (Fsp3) is 0.818. The average Bonchev–Trinajstić information content (AvgIpc) is 3.03. The van der Waals surface area contributed by atoms with Gasteiger partial charge in [0.1, 0.15) is 5.54 Å². The summed E-state index contributed by atoms with van der Waals surface area (Å²) < 4.78 is 31.3. The first-order valence-electron chi connectivity index (χ1n) is 6.64. The van der Waals surface area contributed by atoms with Gasteiger partial charge in [0, 0.05) is 19.7 Å². The monoisotopic (exact) mass is 303 g/mol. The quantitative estimate of drug-likeness (QED) is 0.636. The summed E-state index contributed by atoms with van der Waals surface area (Å²) in [5, 5.41) is 4.70. The Kier molecular flexibility index (Phi) is 3.22. The van der Waals surface area contributed by atoms with Crippen LogP contribution < -0.4 is 10.6 Å². The molecule has 3 heterocycles. The van der Waals surface area contributed by atoms with Gasteiger partial charge in [0.15, 0.2) is 0 Å². The fourth-order valence-corrected chi connectivity index (χ4v) is 4.67. The van der Waals surface area contributed by atoms with E-state index in [1.165, 1.54) is 4.31 Å². The van der Waals surface area contributed by atoms with Gasteiger partial charge < -0.3 is 10.1 Å². The summed E-state index contributed by atoms with van der Waals surface area (Å²) in [6.07, 6.45) is 1.66. The highest BCUT2D eigenvalue weighted by Crippen LogP contribution is 2.28. The molecule has 3 aliphatic rings. The largest absolute Gasteiger partial charge is 0.377 e. The number of nitrogens with one attached hydrogen (secondary N) is 2. The highest BCUT2D eigenvalue weighted by Gasteiger charge is 2.53. The Morgan fingerprint density at radius 2 is 2.20 bits per heavy atom. The van der Waals surface area contributed by atoms with Crippen LogP contribution in [0.2, 0.25) is 0 Å². The molecule has 20 heavy (non-hydrogen) atoms. The number of imide groups is 1. The second-order valence-electron chi connectivity index (χ2n) is 5.49. The van der Waals surface area contributed by atoms with Gasteiger partial charge in [-0.05, 0) is 19.3 Å². The molecule has 2 atom stereocenters. The second-order valence-corrected chi connectivity index (χ2v) is 7.50. The van der Waals surface area contributed by atoms with Crippen LogP contribution in [-0.2, 0) is 19.6 Å². The van der Waals surface area contributed by atoms with Crippen molar-refractivity contribution in [1.82, 2.24) is 14.9 Å². The van der Waals surface area contributed by atoms with E-state index in [-0.39, 0.29) is 24.9 Å². The average molecular weight is 303 g/mol. The Morgan fingerprint density at radius 1 is 1.40 bits per heavy atom. The predicted octanol–water partition coefficient (Wildman–Crippen LogP) is -1.22. The highest BCUT2D eigenvalue weighted by molar-refractivity contribution is 7.89. The van der Waals surface area contributed by atoms with Crippen molar-refractivity contribution in [3.8, 4) is 0 Å². The topological polar surface area (TPSA) is 105 Å². The summed E-state index contributed by atoms with van der Waals surface area (Å²) >= 11 is 0. The molecule has 3 fully saturated rings. The van der Waals surface area contributed by atoms with E-state index in [0.717, 1.165) is 12.8 Å². The summed E-state index contributed by atoms with van der Waals surface area (Å²) in [4.78, 5) is 23.0. The van der Waals surface area contributed by atoms with E-state index in [9.17, 15) is 18.0 Å². The molecule has 8 nitrogen and oxygen atoms in total. The third-order valence-corrected chi connectivity index (χ3v) is 5.95. The molecule has 0 bridgehead atoms. The van der Waals surface area contributed by atoms with Gasteiger partial charge in [-0.2, -0.15) is 4.31 Å². The minimum Gasteiger partial charge on any atom is -0.377 e. The molecule has 0 aromatic heterocycles. The Morgan fingerprint density at radius 3 is 2.80 bits per heavy atom. The van der Waals surface area contributed by atoms with Crippen LogP contribution in [0.4, 0.5) is 4.79 Å². The van der Waals surface area contributed by atoms with Gasteiger partial charge in [-0.25, -0.2) is 13.2 Å². The van der Waals surface area contributed by atoms with Crippen LogP contribution in [0.15, 0.2) is 0 Å². The van der Waals surface area contributed by atoms with Crippen molar-refractivity contribution in [3.63, 3.8) is 0 Å². The maximum Gasteiger partial charge on any atom is 0.322 e. The van der Waals surface area contributed by atoms with Crippen LogP contribution in [0.25, 0.3) is 0 Å². The van der Waals surface area contributed by atoms with E-state index in [4.69, 9.17) is 4.74 Å². The van der Waals surface area contributed by atoms with Crippen molar-refractivity contribution in [2.75, 3.05) is 25.4 Å². The number of carbonyl (C=O) groups is 2. The lowest BCUT2D eigenvalue weighted by Gasteiger charge is -2.22. The third-order valence-electron chi connectivity index (χ3n) is 4.06. The minimum absolute atomic E-state index is 0.000370. The van der Waals surface area contributed by atoms with Crippen molar-refractivity contribution < 1.29 is 22.7 Å². The standard InChI is InChI=1S/C11H17N3O5S/c15-9-11(13-10(16)12-9)3-4-14(7-11)20(17,18)6-8-2-1-5-19-8/h8H,1-7H2,(H2,12,13,15,16). The molecular weight excluding hydrogens is 286 g/mol. The van der Waals surface area contributed by atoms with E-state index in [1.54, 1.807) is 0 Å². The van der Waals surface area contributed by atoms with Crippen LogP contribution in [0.5, 0.6) is 0 Å². The van der Waals surface area contributed by atoms with E-state index in [0.29, 0.717) is 13.0 Å². The smallest absolute Gasteiger partial charge is 0.322 e. The number of carbonyl (C=O) groups excluding carboxylic acids is 2. The fourth-order valence-electron chi connectivity index (χ4n) is 2.94. The molecule has 2 N–H and O–H groups in total. The van der Waals surface area contributed by atoms with E-state index in [2.05, 4.69) is 10.6 Å². The zero-order valence-corrected chi connectivity index (χ0v) is 11.7. The van der Waals surface area contributed by atoms with Crippen molar-refractivity contribution >= 4 is 22.0 Å². The van der Waals surface area contributed by atoms with Crippen molar-refractivity contribution in [3.05, 3.63) is 0 Å². The maximum absolute atomic E-state index is 12.3. The Labute approximate surface area is 116 Å². The zero-order chi connectivity index (χ0) is 14.4. The first kappa shape index (κ1) is 13.8. The minimum atomic E-state index is -3.47. The molecule has 2 unspecified atom stereocenters. The van der Waals surface area contributed by atoms with Gasteiger partial charge >= 0.3 is 6.03 Å². The molecule has 0 aromatic rings. The summed E-state index contributed by atoms with van der Waals surface area (Å²) in [6.45, 7) is 0.838. The summed E-state index contributed by atoms with van der Waals surface area (Å²) in [5.74, 6) is -0.504. The van der Waals surface area contributed by atoms with Gasteiger partial charge in [-0.1, -0.05) is 0 Å². The lowest BCUT2D eigenvalue weighted by molar-refractivity contribution is -0.123. The van der Waals surface area contributed by atoms with Crippen LogP contribution in [0.3, 0.4) is 0 Å². The molecule has 1 spiro atoms. The van der Waals surface area contributed by atoms with E-state index < -0.39 is 27.5 Å². The SMILES string of the molecule is O=C1NC(=O)C2(CCN(S(=O)(=O)CC3CCCO3)C2)N1. The molecular formula is C11H17N3O5S. The Hall–Kier alpha value is -1.19. The van der Waals surface area contributed by atoms with Gasteiger partial charge in [-0.15, -0.1) is 0 Å². The van der Waals surface area contributed by atoms with Crippen LogP contribution in [-0.4, -0.2) is 61.8 Å². The predicted molar refractivity (Wildman–Crippen MR) is 68.4 cm³/mol. The molecule has 3 rings (SSSR count). The van der Waals surface area contributed by atoms with Gasteiger partial charge in [0.25, 0.3) is 5.91 Å². The maximum atomic E-state index is 12.3. The summed E-state index contributed by atoms with van der Waals surface area (Å²) in [7, 11) is -3.47. The van der Waals surface area contributed by atoms with Crippen LogP contribution in [0.1, 0.15) is 19.3 Å². The molecule has 3 aliphatic heterocycles. The lowest BCUT2D eigenvalue weighted by atomic mass is 10.00. The molecule has 0 aliphatic carbocycles. The van der Waals surface area contributed by atoms with Crippen molar-refractivity contribution in [1.29, 1.82) is 0 Å². The lowest BCUT2D eigenvalue weighted by Crippen LogP contribution is -2.50. The third kappa shape index (κ3) is 2.29. The number of sulfonamides is 1. The number of ether oxygens (including phenoxy) is 1. The van der Waals surface area contributed by atoms with Crippen molar-refractivity contribution in [2.24, 2.45) is 0 Å². The zero-order valence-electron chi connectivity index (χ0n) is 10.9. The first-order valence-corrected chi connectivity index (χ1v) is 8.25.